The molecule has 0 saturated carbocycles. The van der Waals surface area contributed by atoms with Gasteiger partial charge in [0, 0.05) is 12.1 Å². The molecule has 1 aliphatic rings. The van der Waals surface area contributed by atoms with Crippen molar-refractivity contribution < 1.29 is 45.2 Å². The highest BCUT2D eigenvalue weighted by atomic mass is 16.7. The Balaban J connectivity index is 1.85. The summed E-state index contributed by atoms with van der Waals surface area (Å²) in [5.74, 6) is -0.710. The summed E-state index contributed by atoms with van der Waals surface area (Å²) in [6, 6.07) is 8.14. The molecule has 0 aromatic heterocycles. The maximum atomic E-state index is 10.2. The number of benzene rings is 2. The number of phenolic OH excluding ortho intramolecular Hbond substituents is 3. The zero-order valence-electron chi connectivity index (χ0n) is 14.0. The second kappa shape index (κ2) is 7.59. The van der Waals surface area contributed by atoms with Gasteiger partial charge in [-0.05, 0) is 17.7 Å². The Morgan fingerprint density at radius 2 is 1.44 bits per heavy atom. The van der Waals surface area contributed by atoms with Crippen molar-refractivity contribution >= 4 is 0 Å². The second-order valence-electron chi connectivity index (χ2n) is 6.20. The Hall–Kier alpha value is -2.56. The fourth-order valence-corrected chi connectivity index (χ4v) is 2.88. The fraction of sp³-hybridized carbons (Fsp3) is 0.333. The van der Waals surface area contributed by atoms with E-state index in [0.29, 0.717) is 5.56 Å². The smallest absolute Gasteiger partial charge is 0.229 e. The number of aliphatic hydroxyl groups excluding tert-OH is 4. The van der Waals surface area contributed by atoms with E-state index in [9.17, 15) is 35.7 Å². The van der Waals surface area contributed by atoms with E-state index >= 15 is 0 Å². The molecule has 0 aliphatic carbocycles. The number of aromatic hydroxyl groups is 3. The highest BCUT2D eigenvalue weighted by Gasteiger charge is 2.44. The van der Waals surface area contributed by atoms with Gasteiger partial charge in [0.15, 0.2) is 0 Å². The van der Waals surface area contributed by atoms with E-state index in [1.165, 1.54) is 36.4 Å². The molecular formula is C18H20O9. The molecule has 27 heavy (non-hydrogen) atoms. The molecule has 2 aromatic rings. The Labute approximate surface area is 153 Å². The van der Waals surface area contributed by atoms with E-state index in [-0.39, 0.29) is 28.6 Å². The molecule has 146 valence electrons. The molecule has 3 rings (SSSR count). The first-order valence-corrected chi connectivity index (χ1v) is 8.14. The van der Waals surface area contributed by atoms with Gasteiger partial charge in [0.1, 0.15) is 47.4 Å². The van der Waals surface area contributed by atoms with Crippen molar-refractivity contribution in [3.8, 4) is 34.1 Å². The quantitative estimate of drug-likeness (QED) is 0.376. The van der Waals surface area contributed by atoms with Crippen LogP contribution in [-0.2, 0) is 4.74 Å². The summed E-state index contributed by atoms with van der Waals surface area (Å²) < 4.78 is 10.6. The molecule has 0 spiro atoms. The lowest BCUT2D eigenvalue weighted by Gasteiger charge is -2.39. The van der Waals surface area contributed by atoms with Crippen LogP contribution in [0.4, 0.5) is 0 Å². The van der Waals surface area contributed by atoms with Gasteiger partial charge in [-0.25, -0.2) is 0 Å². The molecule has 7 N–H and O–H groups in total. The van der Waals surface area contributed by atoms with Crippen molar-refractivity contribution in [1.82, 2.24) is 0 Å². The third kappa shape index (κ3) is 3.77. The van der Waals surface area contributed by atoms with Crippen LogP contribution in [0.25, 0.3) is 11.1 Å². The summed E-state index contributed by atoms with van der Waals surface area (Å²) in [6.07, 6.45) is -7.35. The fourth-order valence-electron chi connectivity index (χ4n) is 2.88. The number of rotatable bonds is 4. The maximum Gasteiger partial charge on any atom is 0.229 e. The van der Waals surface area contributed by atoms with Crippen molar-refractivity contribution in [2.45, 2.75) is 30.7 Å². The molecule has 9 heteroatoms. The minimum atomic E-state index is -1.62. The summed E-state index contributed by atoms with van der Waals surface area (Å²) >= 11 is 0. The molecule has 1 saturated heterocycles. The van der Waals surface area contributed by atoms with Crippen LogP contribution < -0.4 is 4.74 Å². The van der Waals surface area contributed by atoms with E-state index in [1.54, 1.807) is 0 Å². The zero-order chi connectivity index (χ0) is 19.7. The summed E-state index contributed by atoms with van der Waals surface area (Å²) in [5.41, 5.74) is 0.554. The standard InChI is InChI=1S/C18H20O9/c19-7-13-15(23)16(24)17(25)18(27-13)26-10-5-11(21)14(12(22)6-10)8-1-3-9(20)4-2-8/h1-6,13,15-25H,7H2/t13-,15-,16+,17-,18-/m1/s1. The average Bonchev–Trinajstić information content (AvgIpc) is 2.63. The van der Waals surface area contributed by atoms with Crippen molar-refractivity contribution in [3.05, 3.63) is 36.4 Å². The molecule has 1 heterocycles. The predicted octanol–water partition coefficient (Wildman–Crippen LogP) is -0.351. The molecule has 0 amide bonds. The lowest BCUT2D eigenvalue weighted by molar-refractivity contribution is -0.277. The lowest BCUT2D eigenvalue weighted by atomic mass is 9.99. The maximum absolute atomic E-state index is 10.2. The van der Waals surface area contributed by atoms with Gasteiger partial charge >= 0.3 is 0 Å². The van der Waals surface area contributed by atoms with E-state index in [4.69, 9.17) is 9.47 Å². The van der Waals surface area contributed by atoms with Crippen LogP contribution in [-0.4, -0.2) is 73.1 Å². The Kier molecular flexibility index (Phi) is 5.40. The molecular weight excluding hydrogens is 360 g/mol. The van der Waals surface area contributed by atoms with E-state index in [1.807, 2.05) is 0 Å². The summed E-state index contributed by atoms with van der Waals surface area (Å²) in [7, 11) is 0. The third-order valence-electron chi connectivity index (χ3n) is 4.33. The normalized spacial score (nSPS) is 28.1. The molecule has 2 aromatic carbocycles. The Bertz CT molecular complexity index is 767. The summed E-state index contributed by atoms with van der Waals surface area (Å²) in [4.78, 5) is 0. The van der Waals surface area contributed by atoms with Crippen LogP contribution in [0.5, 0.6) is 23.0 Å². The van der Waals surface area contributed by atoms with Crippen LogP contribution in [0.15, 0.2) is 36.4 Å². The van der Waals surface area contributed by atoms with Crippen molar-refractivity contribution in [3.63, 3.8) is 0 Å². The van der Waals surface area contributed by atoms with Gasteiger partial charge in [0.25, 0.3) is 0 Å². The number of phenols is 3. The molecule has 0 unspecified atom stereocenters. The number of hydrogen-bond donors (Lipinski definition) is 7. The van der Waals surface area contributed by atoms with Gasteiger partial charge in [-0.15, -0.1) is 0 Å². The minimum Gasteiger partial charge on any atom is -0.508 e. The van der Waals surface area contributed by atoms with Gasteiger partial charge in [0.2, 0.25) is 6.29 Å². The largest absolute Gasteiger partial charge is 0.508 e. The number of ether oxygens (including phenoxy) is 2. The highest BCUT2D eigenvalue weighted by Crippen LogP contribution is 2.41. The van der Waals surface area contributed by atoms with Crippen LogP contribution in [0, 0.1) is 0 Å². The lowest BCUT2D eigenvalue weighted by Crippen LogP contribution is -2.60. The highest BCUT2D eigenvalue weighted by molar-refractivity contribution is 5.77. The number of hydrogen-bond acceptors (Lipinski definition) is 9. The van der Waals surface area contributed by atoms with E-state index < -0.39 is 37.3 Å². The SMILES string of the molecule is OC[C@H]1O[C@@H](Oc2cc(O)c(-c3ccc(O)cc3)c(O)c2)[C@H](O)[C@@H](O)[C@@H]1O. The van der Waals surface area contributed by atoms with Gasteiger partial charge < -0.3 is 45.2 Å². The van der Waals surface area contributed by atoms with Gasteiger partial charge in [-0.1, -0.05) is 12.1 Å². The van der Waals surface area contributed by atoms with Gasteiger partial charge in [-0.3, -0.25) is 0 Å². The molecule has 1 aliphatic heterocycles. The number of aliphatic hydroxyl groups is 4. The van der Waals surface area contributed by atoms with Crippen molar-refractivity contribution in [2.24, 2.45) is 0 Å². The third-order valence-corrected chi connectivity index (χ3v) is 4.33. The molecule has 0 bridgehead atoms. The van der Waals surface area contributed by atoms with Crippen LogP contribution in [0.2, 0.25) is 0 Å². The molecule has 1 fully saturated rings. The Morgan fingerprint density at radius 3 is 2.00 bits per heavy atom. The summed E-state index contributed by atoms with van der Waals surface area (Å²) in [6.45, 7) is -0.610. The molecule has 9 nitrogen and oxygen atoms in total. The van der Waals surface area contributed by atoms with E-state index in [0.717, 1.165) is 0 Å². The van der Waals surface area contributed by atoms with Crippen molar-refractivity contribution in [2.75, 3.05) is 6.61 Å². The average molecular weight is 380 g/mol. The van der Waals surface area contributed by atoms with Gasteiger partial charge in [-0.2, -0.15) is 0 Å². The van der Waals surface area contributed by atoms with Gasteiger partial charge in [0.05, 0.1) is 12.2 Å². The first-order chi connectivity index (χ1) is 12.8. The Morgan fingerprint density at radius 1 is 0.852 bits per heavy atom. The monoisotopic (exact) mass is 380 g/mol. The molecule has 5 atom stereocenters. The predicted molar refractivity (Wildman–Crippen MR) is 91.3 cm³/mol. The first kappa shape index (κ1) is 19.2. The zero-order valence-corrected chi connectivity index (χ0v) is 14.0. The van der Waals surface area contributed by atoms with E-state index in [2.05, 4.69) is 0 Å². The van der Waals surface area contributed by atoms with Crippen LogP contribution >= 0.6 is 0 Å². The van der Waals surface area contributed by atoms with Crippen LogP contribution in [0.3, 0.4) is 0 Å². The second-order valence-corrected chi connectivity index (χ2v) is 6.20. The minimum absolute atomic E-state index is 0.0281. The summed E-state index contributed by atoms with van der Waals surface area (Å²) in [5, 5.41) is 68.6. The van der Waals surface area contributed by atoms with Crippen LogP contribution in [0.1, 0.15) is 0 Å². The molecule has 0 radical (unpaired) electrons. The van der Waals surface area contributed by atoms with Crippen molar-refractivity contribution in [1.29, 1.82) is 0 Å². The topological polar surface area (TPSA) is 160 Å². The first-order valence-electron chi connectivity index (χ1n) is 8.14.